The van der Waals surface area contributed by atoms with Gasteiger partial charge in [0.1, 0.15) is 16.5 Å². The number of likely N-dealkylation sites (tertiary alicyclic amines) is 1. The Morgan fingerprint density at radius 1 is 1.16 bits per heavy atom. The van der Waals surface area contributed by atoms with Crippen molar-refractivity contribution in [2.45, 2.75) is 39.7 Å². The van der Waals surface area contributed by atoms with E-state index in [1.54, 1.807) is 11.3 Å². The van der Waals surface area contributed by atoms with E-state index in [0.29, 0.717) is 5.82 Å². The molecule has 3 heterocycles. The summed E-state index contributed by atoms with van der Waals surface area (Å²) in [7, 11) is 0. The minimum Gasteiger partial charge on any atom is -0.383 e. The molecule has 0 spiro atoms. The molecule has 1 aliphatic heterocycles. The van der Waals surface area contributed by atoms with E-state index in [1.807, 2.05) is 0 Å². The fourth-order valence-corrected chi connectivity index (χ4v) is 3.77. The van der Waals surface area contributed by atoms with Gasteiger partial charge in [-0.2, -0.15) is 0 Å². The summed E-state index contributed by atoms with van der Waals surface area (Å²) in [5.41, 5.74) is 7.34. The molecule has 2 aromatic heterocycles. The number of nitrogens with zero attached hydrogens (tertiary/aromatic N) is 3. The fraction of sp³-hybridized carbons (Fsp3) is 0.571. The van der Waals surface area contributed by atoms with Crippen molar-refractivity contribution in [2.75, 3.05) is 18.8 Å². The Kier molecular flexibility index (Phi) is 3.41. The van der Waals surface area contributed by atoms with Gasteiger partial charge in [-0.3, -0.25) is 4.90 Å². The zero-order valence-corrected chi connectivity index (χ0v) is 12.4. The van der Waals surface area contributed by atoms with Gasteiger partial charge in [0.25, 0.3) is 0 Å². The average Bonchev–Trinajstić information content (AvgIpc) is 2.66. The van der Waals surface area contributed by atoms with Gasteiger partial charge in [0.05, 0.1) is 11.9 Å². The Bertz CT molecular complexity index is 599. The molecule has 0 amide bonds. The molecule has 0 bridgehead atoms. The van der Waals surface area contributed by atoms with E-state index in [0.717, 1.165) is 35.7 Å². The van der Waals surface area contributed by atoms with E-state index in [-0.39, 0.29) is 0 Å². The van der Waals surface area contributed by atoms with Crippen LogP contribution in [0.2, 0.25) is 0 Å². The first-order valence-corrected chi connectivity index (χ1v) is 7.71. The largest absolute Gasteiger partial charge is 0.383 e. The molecule has 1 fully saturated rings. The molecule has 0 aromatic carbocycles. The maximum absolute atomic E-state index is 6.11. The van der Waals surface area contributed by atoms with E-state index in [1.165, 1.54) is 29.7 Å². The van der Waals surface area contributed by atoms with Crippen LogP contribution >= 0.6 is 11.3 Å². The second-order valence-corrected chi connectivity index (χ2v) is 6.53. The quantitative estimate of drug-likeness (QED) is 0.916. The van der Waals surface area contributed by atoms with Crippen molar-refractivity contribution in [3.63, 3.8) is 0 Å². The van der Waals surface area contributed by atoms with Gasteiger partial charge in [0.2, 0.25) is 0 Å². The van der Waals surface area contributed by atoms with Crippen molar-refractivity contribution in [3.05, 3.63) is 16.3 Å². The molecular formula is C14H20N4S. The first-order valence-electron chi connectivity index (χ1n) is 6.89. The highest BCUT2D eigenvalue weighted by Gasteiger charge is 2.16. The molecule has 0 radical (unpaired) electrons. The SMILES string of the molecule is Cc1sc2nc(CN3CCCCC3)nc(N)c2c1C. The number of nitrogens with two attached hydrogens (primary N) is 1. The van der Waals surface area contributed by atoms with E-state index in [4.69, 9.17) is 10.7 Å². The van der Waals surface area contributed by atoms with Crippen LogP contribution in [0, 0.1) is 13.8 Å². The average molecular weight is 276 g/mol. The Labute approximate surface area is 117 Å². The number of aryl methyl sites for hydroxylation is 2. The number of aromatic nitrogens is 2. The molecule has 5 heteroatoms. The van der Waals surface area contributed by atoms with Crippen molar-refractivity contribution < 1.29 is 0 Å². The summed E-state index contributed by atoms with van der Waals surface area (Å²) < 4.78 is 0. The molecule has 3 rings (SSSR count). The highest BCUT2D eigenvalue weighted by molar-refractivity contribution is 7.18. The van der Waals surface area contributed by atoms with Crippen molar-refractivity contribution in [2.24, 2.45) is 0 Å². The van der Waals surface area contributed by atoms with Crippen LogP contribution in [0.5, 0.6) is 0 Å². The summed E-state index contributed by atoms with van der Waals surface area (Å²) >= 11 is 1.72. The Hall–Kier alpha value is -1.20. The van der Waals surface area contributed by atoms with E-state index in [2.05, 4.69) is 23.7 Å². The number of nitrogen functional groups attached to an aromatic ring is 1. The Morgan fingerprint density at radius 3 is 2.63 bits per heavy atom. The van der Waals surface area contributed by atoms with Crippen molar-refractivity contribution in [1.29, 1.82) is 0 Å². The summed E-state index contributed by atoms with van der Waals surface area (Å²) in [5, 5.41) is 1.05. The summed E-state index contributed by atoms with van der Waals surface area (Å²) in [6.07, 6.45) is 3.92. The zero-order valence-electron chi connectivity index (χ0n) is 11.6. The predicted octanol–water partition coefficient (Wildman–Crippen LogP) is 2.88. The Balaban J connectivity index is 1.92. The van der Waals surface area contributed by atoms with Gasteiger partial charge in [0, 0.05) is 4.88 Å². The molecule has 1 saturated heterocycles. The lowest BCUT2D eigenvalue weighted by Crippen LogP contribution is -2.29. The van der Waals surface area contributed by atoms with Crippen LogP contribution in [0.15, 0.2) is 0 Å². The van der Waals surface area contributed by atoms with Gasteiger partial charge in [-0.15, -0.1) is 11.3 Å². The number of piperidine rings is 1. The molecule has 0 atom stereocenters. The van der Waals surface area contributed by atoms with E-state index >= 15 is 0 Å². The van der Waals surface area contributed by atoms with Crippen LogP contribution in [-0.2, 0) is 6.54 Å². The lowest BCUT2D eigenvalue weighted by Gasteiger charge is -2.25. The molecular weight excluding hydrogens is 256 g/mol. The van der Waals surface area contributed by atoms with Crippen LogP contribution < -0.4 is 5.73 Å². The smallest absolute Gasteiger partial charge is 0.146 e. The van der Waals surface area contributed by atoms with Crippen LogP contribution in [0.25, 0.3) is 10.2 Å². The normalized spacial score (nSPS) is 17.2. The number of fused-ring (bicyclic) bond motifs is 1. The van der Waals surface area contributed by atoms with Crippen LogP contribution in [0.3, 0.4) is 0 Å². The number of hydrogen-bond acceptors (Lipinski definition) is 5. The highest BCUT2D eigenvalue weighted by atomic mass is 32.1. The monoisotopic (exact) mass is 276 g/mol. The van der Waals surface area contributed by atoms with Crippen LogP contribution in [0.1, 0.15) is 35.5 Å². The predicted molar refractivity (Wildman–Crippen MR) is 80.4 cm³/mol. The maximum atomic E-state index is 6.11. The van der Waals surface area contributed by atoms with Crippen molar-refractivity contribution >= 4 is 27.4 Å². The van der Waals surface area contributed by atoms with E-state index in [9.17, 15) is 0 Å². The first-order chi connectivity index (χ1) is 9.15. The third kappa shape index (κ3) is 2.44. The lowest BCUT2D eigenvalue weighted by atomic mass is 10.1. The second-order valence-electron chi connectivity index (χ2n) is 5.33. The minimum atomic E-state index is 0.638. The molecule has 0 aliphatic carbocycles. The number of rotatable bonds is 2. The second kappa shape index (κ2) is 5.06. The molecule has 1 aliphatic rings. The highest BCUT2D eigenvalue weighted by Crippen LogP contribution is 2.32. The number of anilines is 1. The zero-order chi connectivity index (χ0) is 13.4. The standard InChI is InChI=1S/C14H20N4S/c1-9-10(2)19-14-12(9)13(15)16-11(17-14)8-18-6-4-3-5-7-18/h3-8H2,1-2H3,(H2,15,16,17). The minimum absolute atomic E-state index is 0.638. The molecule has 0 saturated carbocycles. The lowest BCUT2D eigenvalue weighted by molar-refractivity contribution is 0.216. The topological polar surface area (TPSA) is 55.0 Å². The van der Waals surface area contributed by atoms with E-state index < -0.39 is 0 Å². The first kappa shape index (κ1) is 12.8. The van der Waals surface area contributed by atoms with Crippen LogP contribution in [0.4, 0.5) is 5.82 Å². The van der Waals surface area contributed by atoms with Gasteiger partial charge >= 0.3 is 0 Å². The molecule has 0 unspecified atom stereocenters. The molecule has 19 heavy (non-hydrogen) atoms. The molecule has 2 aromatic rings. The van der Waals surface area contributed by atoms with Crippen molar-refractivity contribution in [3.8, 4) is 0 Å². The van der Waals surface area contributed by atoms with Gasteiger partial charge in [-0.25, -0.2) is 9.97 Å². The molecule has 102 valence electrons. The number of hydrogen-bond donors (Lipinski definition) is 1. The third-order valence-corrected chi connectivity index (χ3v) is 5.02. The molecule has 4 nitrogen and oxygen atoms in total. The van der Waals surface area contributed by atoms with Crippen LogP contribution in [-0.4, -0.2) is 28.0 Å². The summed E-state index contributed by atoms with van der Waals surface area (Å²) in [6.45, 7) is 7.35. The van der Waals surface area contributed by atoms with Gasteiger partial charge < -0.3 is 5.73 Å². The van der Waals surface area contributed by atoms with Gasteiger partial charge in [-0.1, -0.05) is 6.42 Å². The van der Waals surface area contributed by atoms with Gasteiger partial charge in [0.15, 0.2) is 0 Å². The number of thiophene rings is 1. The van der Waals surface area contributed by atoms with Crippen molar-refractivity contribution in [1.82, 2.24) is 14.9 Å². The van der Waals surface area contributed by atoms with Gasteiger partial charge in [-0.05, 0) is 45.3 Å². The third-order valence-electron chi connectivity index (χ3n) is 3.92. The maximum Gasteiger partial charge on any atom is 0.146 e. The summed E-state index contributed by atoms with van der Waals surface area (Å²) in [4.78, 5) is 13.9. The molecule has 2 N–H and O–H groups in total. The fourth-order valence-electron chi connectivity index (χ4n) is 2.71. The summed E-state index contributed by atoms with van der Waals surface area (Å²) in [6, 6.07) is 0. The Morgan fingerprint density at radius 2 is 1.89 bits per heavy atom. The summed E-state index contributed by atoms with van der Waals surface area (Å²) in [5.74, 6) is 1.51.